The van der Waals surface area contributed by atoms with Crippen LogP contribution in [0.15, 0.2) is 16.7 Å². The number of benzene rings is 1. The Labute approximate surface area is 153 Å². The Morgan fingerprint density at radius 3 is 2.29 bits per heavy atom. The molecule has 24 heavy (non-hydrogen) atoms. The standard InChI is InChI=1S/C14H10BrCl2F3N2O2/c1-3-7-10(13(23)24-2)21-22(12(7)15)11-8(16)4-6(5-9(11)17)14(18,19)20/h4-5H,3H2,1-2H3. The Balaban J connectivity index is 2.69. The molecule has 1 aromatic heterocycles. The zero-order chi connectivity index (χ0) is 18.2. The molecule has 0 N–H and O–H groups in total. The van der Waals surface area contributed by atoms with E-state index in [9.17, 15) is 18.0 Å². The van der Waals surface area contributed by atoms with Gasteiger partial charge in [0.2, 0.25) is 0 Å². The predicted octanol–water partition coefficient (Wildman–Crippen LogP) is 5.31. The highest BCUT2D eigenvalue weighted by atomic mass is 79.9. The normalized spacial score (nSPS) is 11.7. The number of carbonyl (C=O) groups excluding carboxylic acids is 1. The first-order valence-corrected chi connectivity index (χ1v) is 8.09. The number of aromatic nitrogens is 2. The highest BCUT2D eigenvalue weighted by molar-refractivity contribution is 9.10. The number of hydrogen-bond donors (Lipinski definition) is 0. The molecule has 4 nitrogen and oxygen atoms in total. The lowest BCUT2D eigenvalue weighted by molar-refractivity contribution is -0.137. The summed E-state index contributed by atoms with van der Waals surface area (Å²) >= 11 is 15.2. The lowest BCUT2D eigenvalue weighted by Gasteiger charge is -2.13. The first-order chi connectivity index (χ1) is 11.1. The summed E-state index contributed by atoms with van der Waals surface area (Å²) in [6.07, 6.45) is -4.15. The van der Waals surface area contributed by atoms with E-state index in [0.29, 0.717) is 16.6 Å². The van der Waals surface area contributed by atoms with Crippen LogP contribution in [0.1, 0.15) is 28.5 Å². The van der Waals surface area contributed by atoms with Gasteiger partial charge in [0.15, 0.2) is 5.69 Å². The third-order valence-electron chi connectivity index (χ3n) is 3.21. The lowest BCUT2D eigenvalue weighted by Crippen LogP contribution is -2.08. The molecular weight excluding hydrogens is 436 g/mol. The molecule has 0 aliphatic heterocycles. The second kappa shape index (κ2) is 6.93. The minimum atomic E-state index is -4.58. The highest BCUT2D eigenvalue weighted by Crippen LogP contribution is 2.39. The van der Waals surface area contributed by atoms with Crippen LogP contribution in [0.25, 0.3) is 5.69 Å². The fraction of sp³-hybridized carbons (Fsp3) is 0.286. The van der Waals surface area contributed by atoms with Crippen LogP contribution in [0.4, 0.5) is 13.2 Å². The molecule has 2 rings (SSSR count). The summed E-state index contributed by atoms with van der Waals surface area (Å²) in [5, 5.41) is 3.57. The van der Waals surface area contributed by atoms with Crippen LogP contribution in [0.5, 0.6) is 0 Å². The molecule has 0 fully saturated rings. The van der Waals surface area contributed by atoms with Gasteiger partial charge in [-0.25, -0.2) is 9.48 Å². The topological polar surface area (TPSA) is 44.1 Å². The van der Waals surface area contributed by atoms with Gasteiger partial charge in [-0.1, -0.05) is 30.1 Å². The Morgan fingerprint density at radius 2 is 1.88 bits per heavy atom. The summed E-state index contributed by atoms with van der Waals surface area (Å²) in [6.45, 7) is 1.79. The third-order valence-corrected chi connectivity index (χ3v) is 4.60. The summed E-state index contributed by atoms with van der Waals surface area (Å²) in [5.41, 5.74) is -0.399. The van der Waals surface area contributed by atoms with E-state index in [4.69, 9.17) is 23.2 Å². The average molecular weight is 446 g/mol. The summed E-state index contributed by atoms with van der Waals surface area (Å²) < 4.78 is 44.7. The SMILES string of the molecule is CCc1c(C(=O)OC)nn(-c2c(Cl)cc(C(F)(F)F)cc2Cl)c1Br. The van der Waals surface area contributed by atoms with E-state index >= 15 is 0 Å². The van der Waals surface area contributed by atoms with E-state index in [1.54, 1.807) is 6.92 Å². The van der Waals surface area contributed by atoms with E-state index < -0.39 is 17.7 Å². The summed E-state index contributed by atoms with van der Waals surface area (Å²) in [5.74, 6) is -0.676. The molecule has 0 unspecified atom stereocenters. The third kappa shape index (κ3) is 3.41. The number of alkyl halides is 3. The van der Waals surface area contributed by atoms with Crippen molar-refractivity contribution < 1.29 is 22.7 Å². The first-order valence-electron chi connectivity index (χ1n) is 6.54. The van der Waals surface area contributed by atoms with E-state index in [0.717, 1.165) is 12.1 Å². The molecule has 0 saturated carbocycles. The quantitative estimate of drug-likeness (QED) is 0.601. The van der Waals surface area contributed by atoms with Crippen LogP contribution in [-0.4, -0.2) is 22.9 Å². The maximum atomic E-state index is 12.8. The lowest BCUT2D eigenvalue weighted by atomic mass is 10.2. The van der Waals surface area contributed by atoms with Crippen molar-refractivity contribution in [3.8, 4) is 5.69 Å². The average Bonchev–Trinajstić information content (AvgIpc) is 2.81. The number of esters is 1. The first kappa shape index (κ1) is 19.1. The number of halogens is 6. The largest absolute Gasteiger partial charge is 0.464 e. The van der Waals surface area contributed by atoms with Crippen LogP contribution in [0.2, 0.25) is 10.0 Å². The fourth-order valence-electron chi connectivity index (χ4n) is 2.08. The Kier molecular flexibility index (Phi) is 5.51. The van der Waals surface area contributed by atoms with Crippen LogP contribution in [-0.2, 0) is 17.3 Å². The van der Waals surface area contributed by atoms with Gasteiger partial charge in [0.1, 0.15) is 10.3 Å². The summed E-state index contributed by atoms with van der Waals surface area (Å²) in [6, 6.07) is 1.50. The van der Waals surface area contributed by atoms with Crippen molar-refractivity contribution in [2.75, 3.05) is 7.11 Å². The molecular formula is C14H10BrCl2F3N2O2. The molecule has 0 aliphatic carbocycles. The molecule has 2 aromatic rings. The zero-order valence-electron chi connectivity index (χ0n) is 12.3. The van der Waals surface area contributed by atoms with Crippen molar-refractivity contribution in [3.05, 3.63) is 43.6 Å². The second-order valence-electron chi connectivity index (χ2n) is 4.66. The molecule has 0 atom stereocenters. The molecule has 0 spiro atoms. The number of methoxy groups -OCH3 is 1. The van der Waals surface area contributed by atoms with Gasteiger partial charge in [-0.05, 0) is 34.5 Å². The van der Waals surface area contributed by atoms with Crippen LogP contribution in [0.3, 0.4) is 0 Å². The van der Waals surface area contributed by atoms with Gasteiger partial charge in [0, 0.05) is 5.56 Å². The smallest absolute Gasteiger partial charge is 0.416 e. The number of nitrogens with zero attached hydrogens (tertiary/aromatic N) is 2. The second-order valence-corrected chi connectivity index (χ2v) is 6.23. The van der Waals surface area contributed by atoms with Crippen molar-refractivity contribution in [3.63, 3.8) is 0 Å². The van der Waals surface area contributed by atoms with Gasteiger partial charge in [-0.15, -0.1) is 0 Å². The van der Waals surface area contributed by atoms with Crippen molar-refractivity contribution in [2.45, 2.75) is 19.5 Å². The van der Waals surface area contributed by atoms with Crippen molar-refractivity contribution in [1.29, 1.82) is 0 Å². The fourth-order valence-corrected chi connectivity index (χ4v) is 3.46. The van der Waals surface area contributed by atoms with Crippen LogP contribution >= 0.6 is 39.1 Å². The summed E-state index contributed by atoms with van der Waals surface area (Å²) in [7, 11) is 1.20. The predicted molar refractivity (Wildman–Crippen MR) is 87.0 cm³/mol. The van der Waals surface area contributed by atoms with Gasteiger partial charge in [-0.2, -0.15) is 18.3 Å². The van der Waals surface area contributed by atoms with Crippen molar-refractivity contribution >= 4 is 45.1 Å². The van der Waals surface area contributed by atoms with Crippen molar-refractivity contribution in [2.24, 2.45) is 0 Å². The maximum Gasteiger partial charge on any atom is 0.416 e. The molecule has 0 radical (unpaired) electrons. The van der Waals surface area contributed by atoms with Gasteiger partial charge < -0.3 is 4.74 Å². The Bertz CT molecular complexity index is 783. The number of rotatable bonds is 3. The zero-order valence-corrected chi connectivity index (χ0v) is 15.4. The maximum absolute atomic E-state index is 12.8. The van der Waals surface area contributed by atoms with E-state index in [1.165, 1.54) is 11.8 Å². The molecule has 130 valence electrons. The van der Waals surface area contributed by atoms with E-state index in [1.807, 2.05) is 0 Å². The van der Waals surface area contributed by atoms with Gasteiger partial charge >= 0.3 is 12.1 Å². The molecule has 0 amide bonds. The number of hydrogen-bond acceptors (Lipinski definition) is 3. The van der Waals surface area contributed by atoms with E-state index in [-0.39, 0.29) is 21.4 Å². The Hall–Kier alpha value is -1.25. The van der Waals surface area contributed by atoms with Gasteiger partial charge in [-0.3, -0.25) is 0 Å². The van der Waals surface area contributed by atoms with Gasteiger partial charge in [0.05, 0.1) is 22.7 Å². The van der Waals surface area contributed by atoms with Crippen molar-refractivity contribution in [1.82, 2.24) is 9.78 Å². The molecule has 0 aliphatic rings. The van der Waals surface area contributed by atoms with Crippen LogP contribution in [0, 0.1) is 0 Å². The minimum Gasteiger partial charge on any atom is -0.464 e. The number of carbonyl (C=O) groups is 1. The molecule has 10 heteroatoms. The Morgan fingerprint density at radius 1 is 1.33 bits per heavy atom. The van der Waals surface area contributed by atoms with Gasteiger partial charge in [0.25, 0.3) is 0 Å². The van der Waals surface area contributed by atoms with Crippen LogP contribution < -0.4 is 0 Å². The highest BCUT2D eigenvalue weighted by Gasteiger charge is 2.33. The van der Waals surface area contributed by atoms with E-state index in [2.05, 4.69) is 25.8 Å². The summed E-state index contributed by atoms with van der Waals surface area (Å²) in [4.78, 5) is 11.8. The molecule has 0 bridgehead atoms. The molecule has 1 heterocycles. The number of ether oxygens (including phenoxy) is 1. The monoisotopic (exact) mass is 444 g/mol. The minimum absolute atomic E-state index is 0.0268. The molecule has 1 aromatic carbocycles. The molecule has 0 saturated heterocycles.